The molecule has 6 heteroatoms. The minimum atomic E-state index is -0.945. The topological polar surface area (TPSA) is 81.1 Å². The number of hydrogen-bond donors (Lipinski definition) is 2. The summed E-state index contributed by atoms with van der Waals surface area (Å²) >= 11 is 0. The van der Waals surface area contributed by atoms with E-state index in [1.165, 1.54) is 4.90 Å². The molecule has 21 heavy (non-hydrogen) atoms. The first kappa shape index (κ1) is 17.8. The largest absolute Gasteiger partial charge is 0.481 e. The van der Waals surface area contributed by atoms with Crippen molar-refractivity contribution in [2.24, 2.45) is 11.3 Å². The molecule has 0 aromatic heterocycles. The van der Waals surface area contributed by atoms with Crippen molar-refractivity contribution in [2.75, 3.05) is 26.7 Å². The zero-order chi connectivity index (χ0) is 16.4. The van der Waals surface area contributed by atoms with Gasteiger partial charge >= 0.3 is 12.0 Å². The molecular weight excluding hydrogens is 272 g/mol. The second-order valence-electron chi connectivity index (χ2n) is 7.26. The van der Waals surface area contributed by atoms with E-state index in [2.05, 4.69) is 0 Å². The van der Waals surface area contributed by atoms with E-state index in [-0.39, 0.29) is 18.5 Å². The highest BCUT2D eigenvalue weighted by atomic mass is 16.4. The van der Waals surface area contributed by atoms with E-state index < -0.39 is 17.0 Å². The molecule has 0 aromatic rings. The van der Waals surface area contributed by atoms with Crippen LogP contribution in [0.3, 0.4) is 0 Å². The third kappa shape index (κ3) is 4.59. The molecule has 1 saturated heterocycles. The quantitative estimate of drug-likeness (QED) is 0.827. The van der Waals surface area contributed by atoms with E-state index in [0.29, 0.717) is 13.1 Å². The summed E-state index contributed by atoms with van der Waals surface area (Å²) in [5, 5.41) is 19.1. The van der Waals surface area contributed by atoms with E-state index >= 15 is 0 Å². The van der Waals surface area contributed by atoms with Crippen LogP contribution in [0.4, 0.5) is 4.79 Å². The van der Waals surface area contributed by atoms with Crippen LogP contribution in [0.5, 0.6) is 0 Å². The molecule has 1 fully saturated rings. The Morgan fingerprint density at radius 1 is 1.29 bits per heavy atom. The highest BCUT2D eigenvalue weighted by Gasteiger charge is 2.40. The molecule has 1 aliphatic heterocycles. The second kappa shape index (κ2) is 6.22. The van der Waals surface area contributed by atoms with Gasteiger partial charge in [0.25, 0.3) is 0 Å². The Bertz CT molecular complexity index is 401. The van der Waals surface area contributed by atoms with Crippen LogP contribution >= 0.6 is 0 Å². The van der Waals surface area contributed by atoms with Gasteiger partial charge in [0.1, 0.15) is 0 Å². The maximum atomic E-state index is 12.4. The van der Waals surface area contributed by atoms with Gasteiger partial charge < -0.3 is 20.0 Å². The standard InChI is InChI=1S/C15H28N2O4/c1-14(2,21)10-16(5)13(20)17-8-6-7-11(9-17)15(3,4)12(18)19/h11,21H,6-10H2,1-5H3,(H,18,19). The van der Waals surface area contributed by atoms with Crippen molar-refractivity contribution in [3.8, 4) is 0 Å². The van der Waals surface area contributed by atoms with Gasteiger partial charge in [-0.15, -0.1) is 0 Å². The fourth-order valence-corrected chi connectivity index (χ4v) is 2.80. The van der Waals surface area contributed by atoms with Crippen LogP contribution < -0.4 is 0 Å². The van der Waals surface area contributed by atoms with Crippen LogP contribution in [0.2, 0.25) is 0 Å². The number of urea groups is 1. The van der Waals surface area contributed by atoms with Crippen molar-refractivity contribution in [1.82, 2.24) is 9.80 Å². The molecule has 0 aromatic carbocycles. The molecular formula is C15H28N2O4. The smallest absolute Gasteiger partial charge is 0.319 e. The summed E-state index contributed by atoms with van der Waals surface area (Å²) in [5.74, 6) is -0.880. The van der Waals surface area contributed by atoms with Gasteiger partial charge in [0.15, 0.2) is 0 Å². The van der Waals surface area contributed by atoms with E-state index in [9.17, 15) is 19.8 Å². The summed E-state index contributed by atoms with van der Waals surface area (Å²) in [7, 11) is 1.66. The molecule has 0 radical (unpaired) electrons. The van der Waals surface area contributed by atoms with Crippen LogP contribution in [0.1, 0.15) is 40.5 Å². The predicted octanol–water partition coefficient (Wildman–Crippen LogP) is 1.63. The lowest BCUT2D eigenvalue weighted by Crippen LogP contribution is -2.52. The molecule has 2 amide bonds. The fourth-order valence-electron chi connectivity index (χ4n) is 2.80. The third-order valence-corrected chi connectivity index (χ3v) is 4.21. The maximum Gasteiger partial charge on any atom is 0.319 e. The molecule has 1 atom stereocenters. The number of carboxylic acid groups (broad SMARTS) is 1. The summed E-state index contributed by atoms with van der Waals surface area (Å²) in [6, 6.07) is -0.150. The molecule has 6 nitrogen and oxygen atoms in total. The van der Waals surface area contributed by atoms with Crippen molar-refractivity contribution in [1.29, 1.82) is 0 Å². The lowest BCUT2D eigenvalue weighted by Gasteiger charge is -2.41. The molecule has 0 saturated carbocycles. The van der Waals surface area contributed by atoms with Crippen LogP contribution in [0.25, 0.3) is 0 Å². The molecule has 1 rings (SSSR count). The predicted molar refractivity (Wildman–Crippen MR) is 80.0 cm³/mol. The Morgan fingerprint density at radius 2 is 1.86 bits per heavy atom. The van der Waals surface area contributed by atoms with Crippen LogP contribution in [-0.2, 0) is 4.79 Å². The number of rotatable bonds is 4. The van der Waals surface area contributed by atoms with Crippen LogP contribution in [0, 0.1) is 11.3 Å². The van der Waals surface area contributed by atoms with Crippen molar-refractivity contribution >= 4 is 12.0 Å². The van der Waals surface area contributed by atoms with Crippen molar-refractivity contribution in [2.45, 2.75) is 46.1 Å². The fraction of sp³-hybridized carbons (Fsp3) is 0.867. The van der Waals surface area contributed by atoms with Gasteiger partial charge in [-0.2, -0.15) is 0 Å². The second-order valence-corrected chi connectivity index (χ2v) is 7.26. The van der Waals surface area contributed by atoms with Gasteiger partial charge in [0, 0.05) is 20.1 Å². The van der Waals surface area contributed by atoms with Gasteiger partial charge in [0.2, 0.25) is 0 Å². The van der Waals surface area contributed by atoms with Gasteiger partial charge in [-0.25, -0.2) is 4.79 Å². The number of carbonyl (C=O) groups is 2. The van der Waals surface area contributed by atoms with Crippen molar-refractivity contribution in [3.05, 3.63) is 0 Å². The number of hydrogen-bond acceptors (Lipinski definition) is 3. The Labute approximate surface area is 126 Å². The average molecular weight is 300 g/mol. The lowest BCUT2D eigenvalue weighted by molar-refractivity contribution is -0.151. The first-order chi connectivity index (χ1) is 9.45. The molecule has 1 aliphatic rings. The molecule has 0 aliphatic carbocycles. The summed E-state index contributed by atoms with van der Waals surface area (Å²) in [4.78, 5) is 27.0. The zero-order valence-corrected chi connectivity index (χ0v) is 13.7. The Kier molecular flexibility index (Phi) is 5.25. The normalized spacial score (nSPS) is 20.3. The van der Waals surface area contributed by atoms with Crippen LogP contribution in [0.15, 0.2) is 0 Å². The van der Waals surface area contributed by atoms with Gasteiger partial charge in [0.05, 0.1) is 17.6 Å². The Hall–Kier alpha value is -1.30. The van der Waals surface area contributed by atoms with E-state index in [0.717, 1.165) is 12.8 Å². The van der Waals surface area contributed by atoms with Crippen molar-refractivity contribution in [3.63, 3.8) is 0 Å². The van der Waals surface area contributed by atoms with E-state index in [1.54, 1.807) is 39.6 Å². The average Bonchev–Trinajstić information content (AvgIpc) is 2.35. The SMILES string of the molecule is CN(CC(C)(C)O)C(=O)N1CCCC(C(C)(C)C(=O)O)C1. The van der Waals surface area contributed by atoms with Crippen LogP contribution in [-0.4, -0.2) is 64.3 Å². The molecule has 0 spiro atoms. The molecule has 2 N–H and O–H groups in total. The van der Waals surface area contributed by atoms with E-state index in [1.807, 2.05) is 0 Å². The lowest BCUT2D eigenvalue weighted by atomic mass is 9.74. The number of amides is 2. The molecule has 122 valence electrons. The molecule has 1 heterocycles. The zero-order valence-electron chi connectivity index (χ0n) is 13.7. The Balaban J connectivity index is 2.72. The van der Waals surface area contributed by atoms with Gasteiger partial charge in [-0.1, -0.05) is 0 Å². The number of likely N-dealkylation sites (N-methyl/N-ethyl adjacent to an activating group) is 1. The summed E-state index contributed by atoms with van der Waals surface area (Å²) in [6.07, 6.45) is 1.63. The number of aliphatic carboxylic acids is 1. The third-order valence-electron chi connectivity index (χ3n) is 4.21. The minimum absolute atomic E-state index is 0.0526. The monoisotopic (exact) mass is 300 g/mol. The number of carboxylic acids is 1. The number of piperidine rings is 1. The van der Waals surface area contributed by atoms with Gasteiger partial charge in [-0.05, 0) is 46.5 Å². The first-order valence-corrected chi connectivity index (χ1v) is 7.41. The Morgan fingerprint density at radius 3 is 2.33 bits per heavy atom. The summed E-state index contributed by atoms with van der Waals surface area (Å²) in [6.45, 7) is 8.08. The maximum absolute atomic E-state index is 12.4. The number of aliphatic hydroxyl groups is 1. The number of carbonyl (C=O) groups excluding carboxylic acids is 1. The molecule has 1 unspecified atom stereocenters. The summed E-state index contributed by atoms with van der Waals surface area (Å²) < 4.78 is 0. The number of likely N-dealkylation sites (tertiary alicyclic amines) is 1. The minimum Gasteiger partial charge on any atom is -0.481 e. The highest BCUT2D eigenvalue weighted by molar-refractivity contribution is 5.76. The number of nitrogens with zero attached hydrogens (tertiary/aromatic N) is 2. The highest BCUT2D eigenvalue weighted by Crippen LogP contribution is 2.34. The van der Waals surface area contributed by atoms with Gasteiger partial charge in [-0.3, -0.25) is 4.79 Å². The molecule has 0 bridgehead atoms. The first-order valence-electron chi connectivity index (χ1n) is 7.41. The van der Waals surface area contributed by atoms with E-state index in [4.69, 9.17) is 0 Å². The summed E-state index contributed by atoms with van der Waals surface area (Å²) in [5.41, 5.74) is -1.78. The van der Waals surface area contributed by atoms with Crippen molar-refractivity contribution < 1.29 is 19.8 Å².